The first-order valence-electron chi connectivity index (χ1n) is 6.77. The van der Waals surface area contributed by atoms with Crippen molar-refractivity contribution in [2.75, 3.05) is 12.3 Å². The van der Waals surface area contributed by atoms with Crippen LogP contribution >= 0.6 is 11.3 Å². The number of nitrogens with two attached hydrogens (primary N) is 1. The molecular weight excluding hydrogens is 270 g/mol. The molecule has 5 heteroatoms. The quantitative estimate of drug-likeness (QED) is 0.942. The zero-order valence-electron chi connectivity index (χ0n) is 11.2. The Balaban J connectivity index is 1.59. The minimum atomic E-state index is 0.200. The van der Waals surface area contributed by atoms with Gasteiger partial charge >= 0.3 is 0 Å². The van der Waals surface area contributed by atoms with Gasteiger partial charge in [0, 0.05) is 24.9 Å². The van der Waals surface area contributed by atoms with Crippen LogP contribution in [0.1, 0.15) is 23.2 Å². The monoisotopic (exact) mass is 287 g/mol. The number of nitrogens with zero attached hydrogens (tertiary/aromatic N) is 2. The Morgan fingerprint density at radius 2 is 2.15 bits per heavy atom. The van der Waals surface area contributed by atoms with Crippen molar-refractivity contribution in [2.24, 2.45) is 0 Å². The van der Waals surface area contributed by atoms with Gasteiger partial charge in [-0.05, 0) is 24.0 Å². The zero-order valence-corrected chi connectivity index (χ0v) is 12.0. The fraction of sp³-hybridized carbons (Fsp3) is 0.333. The highest BCUT2D eigenvalue weighted by Gasteiger charge is 2.20. The lowest BCUT2D eigenvalue weighted by Gasteiger charge is -2.28. The second-order valence-electron chi connectivity index (χ2n) is 5.01. The summed E-state index contributed by atoms with van der Waals surface area (Å²) in [6.07, 6.45) is 2.13. The highest BCUT2D eigenvalue weighted by Crippen LogP contribution is 2.20. The van der Waals surface area contributed by atoms with Crippen LogP contribution in [0.5, 0.6) is 0 Å². The van der Waals surface area contributed by atoms with Crippen LogP contribution in [0.15, 0.2) is 29.6 Å². The van der Waals surface area contributed by atoms with Crippen molar-refractivity contribution < 1.29 is 4.79 Å². The Bertz CT molecular complexity index is 623. The van der Waals surface area contributed by atoms with Crippen LogP contribution in [0.4, 0.5) is 5.13 Å². The Hall–Kier alpha value is -1.88. The van der Waals surface area contributed by atoms with E-state index in [1.807, 2.05) is 16.3 Å². The van der Waals surface area contributed by atoms with Gasteiger partial charge in [0.1, 0.15) is 0 Å². The molecule has 1 aliphatic rings. The van der Waals surface area contributed by atoms with E-state index < -0.39 is 0 Å². The van der Waals surface area contributed by atoms with Gasteiger partial charge in [-0.15, -0.1) is 11.3 Å². The number of hydrogen-bond acceptors (Lipinski definition) is 4. The molecule has 0 radical (unpaired) electrons. The largest absolute Gasteiger partial charge is 0.375 e. The number of aryl methyl sites for hydroxylation is 1. The fourth-order valence-corrected chi connectivity index (χ4v) is 3.14. The van der Waals surface area contributed by atoms with E-state index >= 15 is 0 Å². The smallest absolute Gasteiger partial charge is 0.223 e. The lowest BCUT2D eigenvalue weighted by molar-refractivity contribution is -0.132. The summed E-state index contributed by atoms with van der Waals surface area (Å²) < 4.78 is 0. The van der Waals surface area contributed by atoms with E-state index in [0.29, 0.717) is 18.0 Å². The minimum Gasteiger partial charge on any atom is -0.375 e. The van der Waals surface area contributed by atoms with Crippen molar-refractivity contribution >= 4 is 22.4 Å². The van der Waals surface area contributed by atoms with Gasteiger partial charge in [-0.3, -0.25) is 4.79 Å². The van der Waals surface area contributed by atoms with E-state index in [0.717, 1.165) is 25.2 Å². The highest BCUT2D eigenvalue weighted by molar-refractivity contribution is 7.13. The summed E-state index contributed by atoms with van der Waals surface area (Å²) in [5.41, 5.74) is 9.14. The van der Waals surface area contributed by atoms with Crippen LogP contribution in [0, 0.1) is 0 Å². The van der Waals surface area contributed by atoms with Gasteiger partial charge in [0.05, 0.1) is 5.69 Å². The van der Waals surface area contributed by atoms with Gasteiger partial charge in [-0.25, -0.2) is 4.98 Å². The van der Waals surface area contributed by atoms with Crippen molar-refractivity contribution in [2.45, 2.75) is 25.8 Å². The van der Waals surface area contributed by atoms with Gasteiger partial charge in [0.15, 0.2) is 5.13 Å². The summed E-state index contributed by atoms with van der Waals surface area (Å²) in [6.45, 7) is 1.54. The molecule has 0 spiro atoms. The second-order valence-corrected chi connectivity index (χ2v) is 5.90. The molecule has 0 aliphatic carbocycles. The SMILES string of the molecule is Nc1nc(CCC(=O)N2CCc3ccccc3C2)cs1. The van der Waals surface area contributed by atoms with Gasteiger partial charge < -0.3 is 10.6 Å². The van der Waals surface area contributed by atoms with Crippen molar-refractivity contribution in [1.29, 1.82) is 0 Å². The molecule has 0 unspecified atom stereocenters. The Kier molecular flexibility index (Phi) is 3.69. The average Bonchev–Trinajstić information content (AvgIpc) is 2.90. The molecule has 0 atom stereocenters. The van der Waals surface area contributed by atoms with Crippen molar-refractivity contribution in [1.82, 2.24) is 9.88 Å². The Morgan fingerprint density at radius 1 is 1.35 bits per heavy atom. The van der Waals surface area contributed by atoms with Crippen molar-refractivity contribution in [3.05, 3.63) is 46.5 Å². The highest BCUT2D eigenvalue weighted by atomic mass is 32.1. The predicted molar refractivity (Wildman–Crippen MR) is 80.4 cm³/mol. The number of benzene rings is 1. The number of anilines is 1. The minimum absolute atomic E-state index is 0.200. The van der Waals surface area contributed by atoms with E-state index in [-0.39, 0.29) is 5.91 Å². The molecule has 3 rings (SSSR count). The van der Waals surface area contributed by atoms with Gasteiger partial charge in [0.25, 0.3) is 0 Å². The molecule has 2 heterocycles. The standard InChI is InChI=1S/C15H17N3OS/c16-15-17-13(10-20-15)5-6-14(19)18-8-7-11-3-1-2-4-12(11)9-18/h1-4,10H,5-9H2,(H2,16,17). The molecule has 0 bridgehead atoms. The summed E-state index contributed by atoms with van der Waals surface area (Å²) >= 11 is 1.42. The fourth-order valence-electron chi connectivity index (χ4n) is 2.54. The summed E-state index contributed by atoms with van der Waals surface area (Å²) in [5.74, 6) is 0.200. The molecule has 20 heavy (non-hydrogen) atoms. The lowest BCUT2D eigenvalue weighted by Crippen LogP contribution is -2.36. The maximum atomic E-state index is 12.3. The van der Waals surface area contributed by atoms with Crippen molar-refractivity contribution in [3.8, 4) is 0 Å². The number of fused-ring (bicyclic) bond motifs is 1. The predicted octanol–water partition coefficient (Wildman–Crippen LogP) is 2.24. The number of amides is 1. The third-order valence-corrected chi connectivity index (χ3v) is 4.37. The number of thiazole rings is 1. The van der Waals surface area contributed by atoms with E-state index in [1.165, 1.54) is 22.5 Å². The number of carbonyl (C=O) groups excluding carboxylic acids is 1. The molecule has 1 aromatic carbocycles. The lowest BCUT2D eigenvalue weighted by atomic mass is 9.99. The molecular formula is C15H17N3OS. The summed E-state index contributed by atoms with van der Waals surface area (Å²) in [7, 11) is 0. The molecule has 2 N–H and O–H groups in total. The first-order chi connectivity index (χ1) is 9.72. The molecule has 1 aliphatic heterocycles. The first kappa shape index (κ1) is 13.1. The molecule has 4 nitrogen and oxygen atoms in total. The number of hydrogen-bond donors (Lipinski definition) is 1. The summed E-state index contributed by atoms with van der Waals surface area (Å²) in [5, 5.41) is 2.49. The van der Waals surface area contributed by atoms with E-state index in [1.54, 1.807) is 0 Å². The maximum Gasteiger partial charge on any atom is 0.223 e. The molecule has 0 fully saturated rings. The van der Waals surface area contributed by atoms with E-state index in [9.17, 15) is 4.79 Å². The average molecular weight is 287 g/mol. The van der Waals surface area contributed by atoms with Crippen LogP contribution in [0.3, 0.4) is 0 Å². The van der Waals surface area contributed by atoms with Crippen LogP contribution in [-0.4, -0.2) is 22.3 Å². The van der Waals surface area contributed by atoms with Crippen LogP contribution in [-0.2, 0) is 24.2 Å². The maximum absolute atomic E-state index is 12.3. The first-order valence-corrected chi connectivity index (χ1v) is 7.65. The number of carbonyl (C=O) groups is 1. The van der Waals surface area contributed by atoms with Crippen molar-refractivity contribution in [3.63, 3.8) is 0 Å². The van der Waals surface area contributed by atoms with Gasteiger partial charge in [-0.2, -0.15) is 0 Å². The number of nitrogen functional groups attached to an aromatic ring is 1. The third-order valence-electron chi connectivity index (χ3n) is 3.65. The molecule has 0 saturated heterocycles. The van der Waals surface area contributed by atoms with Crippen LogP contribution in [0.2, 0.25) is 0 Å². The molecule has 104 valence electrons. The number of rotatable bonds is 3. The Morgan fingerprint density at radius 3 is 2.90 bits per heavy atom. The molecule has 2 aromatic rings. The second kappa shape index (κ2) is 5.63. The van der Waals surface area contributed by atoms with Crippen LogP contribution in [0.25, 0.3) is 0 Å². The van der Waals surface area contributed by atoms with Gasteiger partial charge in [-0.1, -0.05) is 24.3 Å². The molecule has 1 aromatic heterocycles. The molecule has 0 saturated carbocycles. The van der Waals surface area contributed by atoms with Gasteiger partial charge in [0.2, 0.25) is 5.91 Å². The number of aromatic nitrogens is 1. The Labute approximate surface area is 122 Å². The van der Waals surface area contributed by atoms with Crippen LogP contribution < -0.4 is 5.73 Å². The summed E-state index contributed by atoms with van der Waals surface area (Å²) in [6, 6.07) is 8.35. The third kappa shape index (κ3) is 2.82. The summed E-state index contributed by atoms with van der Waals surface area (Å²) in [4.78, 5) is 18.4. The molecule has 1 amide bonds. The topological polar surface area (TPSA) is 59.2 Å². The van der Waals surface area contributed by atoms with E-state index in [4.69, 9.17) is 5.73 Å². The zero-order chi connectivity index (χ0) is 13.9. The normalized spacial score (nSPS) is 14.1. The van der Waals surface area contributed by atoms with E-state index in [2.05, 4.69) is 23.2 Å².